The first kappa shape index (κ1) is 12.3. The number of piperidine rings is 1. The van der Waals surface area contributed by atoms with Gasteiger partial charge in [0.25, 0.3) is 5.91 Å². The molecular weight excluding hydrogens is 244 g/mol. The molecule has 1 saturated heterocycles. The van der Waals surface area contributed by atoms with Gasteiger partial charge in [0, 0.05) is 31.5 Å². The molecule has 3 rings (SSSR count). The van der Waals surface area contributed by atoms with Gasteiger partial charge in [-0.3, -0.25) is 4.79 Å². The van der Waals surface area contributed by atoms with Gasteiger partial charge in [0.15, 0.2) is 0 Å². The maximum Gasteiger partial charge on any atom is 0.316 e. The third-order valence-electron chi connectivity index (χ3n) is 4.25. The van der Waals surface area contributed by atoms with E-state index in [1.165, 1.54) is 19.5 Å². The Bertz CT molecular complexity index is 462. The van der Waals surface area contributed by atoms with Crippen LogP contribution in [0.3, 0.4) is 0 Å². The molecule has 2 fully saturated rings. The summed E-state index contributed by atoms with van der Waals surface area (Å²) in [4.78, 5) is 22.2. The van der Waals surface area contributed by atoms with E-state index in [1.54, 1.807) is 0 Å². The van der Waals surface area contributed by atoms with Gasteiger partial charge >= 0.3 is 6.01 Å². The third kappa shape index (κ3) is 2.16. The van der Waals surface area contributed by atoms with E-state index in [9.17, 15) is 4.79 Å². The van der Waals surface area contributed by atoms with Crippen molar-refractivity contribution >= 4 is 5.91 Å². The molecule has 6 heteroatoms. The molecule has 1 aliphatic heterocycles. The van der Waals surface area contributed by atoms with Crippen LogP contribution in [-0.2, 0) is 0 Å². The Morgan fingerprint density at radius 2 is 1.89 bits per heavy atom. The smallest absolute Gasteiger partial charge is 0.316 e. The van der Waals surface area contributed by atoms with Crippen molar-refractivity contribution in [2.24, 2.45) is 17.6 Å². The number of methoxy groups -OCH3 is 1. The highest BCUT2D eigenvalue weighted by Gasteiger charge is 2.41. The number of fused-ring (bicyclic) bond motifs is 2. The number of hydrogen-bond donors (Lipinski definition) is 1. The first-order valence-corrected chi connectivity index (χ1v) is 6.60. The van der Waals surface area contributed by atoms with E-state index >= 15 is 0 Å². The number of nitrogens with two attached hydrogens (primary N) is 1. The molecule has 1 unspecified atom stereocenters. The van der Waals surface area contributed by atoms with Gasteiger partial charge in [-0.05, 0) is 24.7 Å². The minimum Gasteiger partial charge on any atom is -0.467 e. The highest BCUT2D eigenvalue weighted by Crippen LogP contribution is 2.35. The van der Waals surface area contributed by atoms with Crippen molar-refractivity contribution < 1.29 is 9.53 Å². The molecule has 1 amide bonds. The summed E-state index contributed by atoms with van der Waals surface area (Å²) in [6.07, 6.45) is 5.30. The summed E-state index contributed by atoms with van der Waals surface area (Å²) >= 11 is 0. The Morgan fingerprint density at radius 1 is 1.32 bits per heavy atom. The summed E-state index contributed by atoms with van der Waals surface area (Å²) < 4.78 is 4.89. The van der Waals surface area contributed by atoms with Crippen LogP contribution in [0.4, 0.5) is 0 Å². The maximum atomic E-state index is 12.4. The van der Waals surface area contributed by atoms with Crippen LogP contribution < -0.4 is 10.5 Å². The first-order valence-electron chi connectivity index (χ1n) is 6.60. The van der Waals surface area contributed by atoms with Crippen molar-refractivity contribution in [3.8, 4) is 6.01 Å². The second kappa shape index (κ2) is 4.77. The average molecular weight is 262 g/mol. The second-order valence-electron chi connectivity index (χ2n) is 5.34. The van der Waals surface area contributed by atoms with E-state index in [-0.39, 0.29) is 18.0 Å². The molecule has 2 N–H and O–H groups in total. The summed E-state index contributed by atoms with van der Waals surface area (Å²) in [5.74, 6) is 0.884. The fraction of sp³-hybridized carbons (Fsp3) is 0.615. The highest BCUT2D eigenvalue weighted by atomic mass is 16.5. The molecule has 2 heterocycles. The molecule has 1 aromatic heterocycles. The zero-order chi connectivity index (χ0) is 13.4. The monoisotopic (exact) mass is 262 g/mol. The summed E-state index contributed by atoms with van der Waals surface area (Å²) in [6.45, 7) is 1.51. The van der Waals surface area contributed by atoms with Gasteiger partial charge in [-0.15, -0.1) is 0 Å². The lowest BCUT2D eigenvalue weighted by atomic mass is 9.93. The molecule has 19 heavy (non-hydrogen) atoms. The summed E-state index contributed by atoms with van der Waals surface area (Å²) in [6, 6.07) is 0.536. The zero-order valence-corrected chi connectivity index (χ0v) is 11.0. The standard InChI is InChI=1S/C13H18N4O2/c1-19-13-15-4-10(5-16-13)12(18)17-6-8-2-3-9(7-17)11(8)14/h4-5,8-9,11H,2-3,6-7,14H2,1H3/t8-,9+,11?. The lowest BCUT2D eigenvalue weighted by Gasteiger charge is -2.36. The summed E-state index contributed by atoms with van der Waals surface area (Å²) in [5.41, 5.74) is 6.65. The fourth-order valence-electron chi connectivity index (χ4n) is 3.15. The number of hydrogen-bond acceptors (Lipinski definition) is 5. The Morgan fingerprint density at radius 3 is 2.42 bits per heavy atom. The SMILES string of the molecule is COc1ncc(C(=O)N2C[C@H]3CC[C@@H](C2)C3N)cn1. The predicted molar refractivity (Wildman–Crippen MR) is 68.7 cm³/mol. The Labute approximate surface area is 112 Å². The minimum absolute atomic E-state index is 0.00791. The van der Waals surface area contributed by atoms with E-state index in [4.69, 9.17) is 10.5 Å². The number of carbonyl (C=O) groups excluding carboxylic acids is 1. The van der Waals surface area contributed by atoms with E-state index in [0.717, 1.165) is 25.9 Å². The minimum atomic E-state index is -0.00791. The van der Waals surface area contributed by atoms with E-state index in [1.807, 2.05) is 4.90 Å². The molecule has 1 saturated carbocycles. The van der Waals surface area contributed by atoms with Gasteiger partial charge in [-0.25, -0.2) is 9.97 Å². The number of rotatable bonds is 2. The lowest BCUT2D eigenvalue weighted by Crippen LogP contribution is -2.50. The van der Waals surface area contributed by atoms with Crippen molar-refractivity contribution in [3.63, 3.8) is 0 Å². The van der Waals surface area contributed by atoms with Gasteiger partial charge in [0.2, 0.25) is 0 Å². The van der Waals surface area contributed by atoms with Gasteiger partial charge in [0.1, 0.15) is 0 Å². The third-order valence-corrected chi connectivity index (χ3v) is 4.25. The number of aromatic nitrogens is 2. The van der Waals surface area contributed by atoms with Crippen LogP contribution in [0.15, 0.2) is 12.4 Å². The largest absolute Gasteiger partial charge is 0.467 e. The van der Waals surface area contributed by atoms with E-state index in [2.05, 4.69) is 9.97 Å². The average Bonchev–Trinajstić information content (AvgIpc) is 2.68. The van der Waals surface area contributed by atoms with Crippen LogP contribution >= 0.6 is 0 Å². The number of nitrogens with zero attached hydrogens (tertiary/aromatic N) is 3. The van der Waals surface area contributed by atoms with Crippen molar-refractivity contribution in [1.82, 2.24) is 14.9 Å². The van der Waals surface area contributed by atoms with Gasteiger partial charge in [-0.2, -0.15) is 0 Å². The molecular formula is C13H18N4O2. The molecule has 0 aromatic carbocycles. The van der Waals surface area contributed by atoms with Crippen LogP contribution in [0, 0.1) is 11.8 Å². The van der Waals surface area contributed by atoms with Crippen molar-refractivity contribution in [2.75, 3.05) is 20.2 Å². The first-order chi connectivity index (χ1) is 9.19. The van der Waals surface area contributed by atoms with Crippen LogP contribution in [0.2, 0.25) is 0 Å². The number of carbonyl (C=O) groups is 1. The quantitative estimate of drug-likeness (QED) is 0.828. The number of amides is 1. The molecule has 6 nitrogen and oxygen atoms in total. The van der Waals surface area contributed by atoms with Crippen LogP contribution in [0.1, 0.15) is 23.2 Å². The fourth-order valence-corrected chi connectivity index (χ4v) is 3.15. The second-order valence-corrected chi connectivity index (χ2v) is 5.34. The predicted octanol–water partition coefficient (Wildman–Crippen LogP) is 0.294. The zero-order valence-electron chi connectivity index (χ0n) is 11.0. The molecule has 1 aromatic rings. The molecule has 102 valence electrons. The van der Waals surface area contributed by atoms with Crippen LogP contribution in [-0.4, -0.2) is 47.0 Å². The van der Waals surface area contributed by atoms with E-state index < -0.39 is 0 Å². The Kier molecular flexibility index (Phi) is 3.10. The van der Waals surface area contributed by atoms with Gasteiger partial charge in [0.05, 0.1) is 12.7 Å². The van der Waals surface area contributed by atoms with Crippen LogP contribution in [0.25, 0.3) is 0 Å². The topological polar surface area (TPSA) is 81.3 Å². The van der Waals surface area contributed by atoms with Crippen LogP contribution in [0.5, 0.6) is 6.01 Å². The molecule has 2 bridgehead atoms. The van der Waals surface area contributed by atoms with Crippen molar-refractivity contribution in [1.29, 1.82) is 0 Å². The Hall–Kier alpha value is -1.69. The van der Waals surface area contributed by atoms with Gasteiger partial charge in [-0.1, -0.05) is 0 Å². The molecule has 2 aliphatic rings. The normalized spacial score (nSPS) is 29.4. The van der Waals surface area contributed by atoms with Gasteiger partial charge < -0.3 is 15.4 Å². The summed E-state index contributed by atoms with van der Waals surface area (Å²) in [5, 5.41) is 0. The van der Waals surface area contributed by atoms with E-state index in [0.29, 0.717) is 17.4 Å². The molecule has 1 aliphatic carbocycles. The lowest BCUT2D eigenvalue weighted by molar-refractivity contribution is 0.0636. The Balaban J connectivity index is 1.73. The maximum absolute atomic E-state index is 12.4. The van der Waals surface area contributed by atoms with Crippen molar-refractivity contribution in [2.45, 2.75) is 18.9 Å². The molecule has 0 spiro atoms. The molecule has 3 atom stereocenters. The summed E-state index contributed by atoms with van der Waals surface area (Å²) in [7, 11) is 1.50. The number of likely N-dealkylation sites (tertiary alicyclic amines) is 1. The highest BCUT2D eigenvalue weighted by molar-refractivity contribution is 5.93. The van der Waals surface area contributed by atoms with Crippen molar-refractivity contribution in [3.05, 3.63) is 18.0 Å². The number of ether oxygens (including phenoxy) is 1. The molecule has 0 radical (unpaired) electrons.